The molecule has 0 heterocycles. The number of aryl methyl sites for hydroxylation is 3. The van der Waals surface area contributed by atoms with Gasteiger partial charge >= 0.3 is 0 Å². The summed E-state index contributed by atoms with van der Waals surface area (Å²) in [6.07, 6.45) is 3.26. The molecule has 94 valence electrons. The Kier molecular flexibility index (Phi) is 3.28. The van der Waals surface area contributed by atoms with Crippen LogP contribution in [-0.4, -0.2) is 16.7 Å². The average Bonchev–Trinajstić information content (AvgIpc) is 2.53. The number of rotatable bonds is 2. The number of nitrogens with two attached hydrogens (primary N) is 1. The molecule has 1 aliphatic rings. The zero-order valence-electron chi connectivity index (χ0n) is 11.1. The second kappa shape index (κ2) is 4.43. The van der Waals surface area contributed by atoms with Gasteiger partial charge in [0.25, 0.3) is 0 Å². The van der Waals surface area contributed by atoms with Crippen molar-refractivity contribution in [1.29, 1.82) is 0 Å². The lowest BCUT2D eigenvalue weighted by Crippen LogP contribution is -2.31. The lowest BCUT2D eigenvalue weighted by atomic mass is 9.87. The lowest BCUT2D eigenvalue weighted by Gasteiger charge is -2.25. The van der Waals surface area contributed by atoms with E-state index in [0.717, 1.165) is 25.7 Å². The number of hydrogen-bond acceptors (Lipinski definition) is 2. The first-order valence-corrected chi connectivity index (χ1v) is 6.44. The molecule has 1 fully saturated rings. The first kappa shape index (κ1) is 12.6. The van der Waals surface area contributed by atoms with E-state index in [1.807, 2.05) is 0 Å². The van der Waals surface area contributed by atoms with Gasteiger partial charge in [0.1, 0.15) is 0 Å². The van der Waals surface area contributed by atoms with Crippen LogP contribution >= 0.6 is 0 Å². The molecule has 2 atom stereocenters. The molecule has 1 saturated carbocycles. The third-order valence-electron chi connectivity index (χ3n) is 3.97. The molecule has 2 rings (SSSR count). The number of hydrogen-bond donors (Lipinski definition) is 2. The van der Waals surface area contributed by atoms with Crippen LogP contribution in [0.15, 0.2) is 12.1 Å². The molecule has 3 N–H and O–H groups in total. The Morgan fingerprint density at radius 1 is 1.29 bits per heavy atom. The highest BCUT2D eigenvalue weighted by Crippen LogP contribution is 2.33. The van der Waals surface area contributed by atoms with Crippen molar-refractivity contribution in [3.63, 3.8) is 0 Å². The molecule has 1 aromatic carbocycles. The predicted molar refractivity (Wildman–Crippen MR) is 71.1 cm³/mol. The van der Waals surface area contributed by atoms with Crippen LogP contribution < -0.4 is 5.73 Å². The number of benzene rings is 1. The van der Waals surface area contributed by atoms with Crippen molar-refractivity contribution in [2.75, 3.05) is 0 Å². The van der Waals surface area contributed by atoms with Gasteiger partial charge in [0.05, 0.1) is 5.60 Å². The maximum atomic E-state index is 10.6. The Morgan fingerprint density at radius 2 is 1.88 bits per heavy atom. The van der Waals surface area contributed by atoms with Crippen LogP contribution in [0.4, 0.5) is 0 Å². The number of aliphatic hydroxyl groups is 1. The maximum absolute atomic E-state index is 10.6. The monoisotopic (exact) mass is 233 g/mol. The van der Waals surface area contributed by atoms with Gasteiger partial charge in [-0.2, -0.15) is 0 Å². The first-order valence-electron chi connectivity index (χ1n) is 6.44. The molecule has 0 aliphatic heterocycles. The molecular weight excluding hydrogens is 210 g/mol. The van der Waals surface area contributed by atoms with E-state index in [0.29, 0.717) is 0 Å². The summed E-state index contributed by atoms with van der Waals surface area (Å²) < 4.78 is 0. The molecule has 2 heteroatoms. The Bertz CT molecular complexity index is 404. The van der Waals surface area contributed by atoms with E-state index in [4.69, 9.17) is 5.73 Å². The second-order valence-electron chi connectivity index (χ2n) is 5.78. The summed E-state index contributed by atoms with van der Waals surface area (Å²) in [5, 5.41) is 10.6. The van der Waals surface area contributed by atoms with Crippen molar-refractivity contribution in [3.05, 3.63) is 34.4 Å². The third kappa shape index (κ3) is 2.70. The summed E-state index contributed by atoms with van der Waals surface area (Å²) in [7, 11) is 0. The van der Waals surface area contributed by atoms with Crippen LogP contribution in [-0.2, 0) is 6.42 Å². The normalized spacial score (nSPS) is 28.6. The Balaban J connectivity index is 2.24. The van der Waals surface area contributed by atoms with Gasteiger partial charge in [-0.1, -0.05) is 17.7 Å². The highest BCUT2D eigenvalue weighted by molar-refractivity contribution is 5.38. The van der Waals surface area contributed by atoms with Gasteiger partial charge in [-0.25, -0.2) is 0 Å². The molecule has 17 heavy (non-hydrogen) atoms. The minimum atomic E-state index is -0.579. The Hall–Kier alpha value is -0.860. The summed E-state index contributed by atoms with van der Waals surface area (Å²) in [6.45, 7) is 6.38. The van der Waals surface area contributed by atoms with Gasteiger partial charge in [0.2, 0.25) is 0 Å². The Labute approximate surface area is 104 Å². The van der Waals surface area contributed by atoms with Crippen molar-refractivity contribution in [2.24, 2.45) is 5.73 Å². The van der Waals surface area contributed by atoms with Crippen LogP contribution in [0.2, 0.25) is 0 Å². The quantitative estimate of drug-likeness (QED) is 0.824. The zero-order valence-corrected chi connectivity index (χ0v) is 11.1. The fourth-order valence-corrected chi connectivity index (χ4v) is 3.12. The third-order valence-corrected chi connectivity index (χ3v) is 3.97. The first-order chi connectivity index (χ1) is 7.89. The molecule has 0 spiro atoms. The van der Waals surface area contributed by atoms with Gasteiger partial charge in [-0.15, -0.1) is 0 Å². The molecule has 1 aromatic rings. The van der Waals surface area contributed by atoms with Crippen LogP contribution in [0.5, 0.6) is 0 Å². The summed E-state index contributed by atoms with van der Waals surface area (Å²) in [6, 6.07) is 4.56. The molecule has 0 bridgehead atoms. The maximum Gasteiger partial charge on any atom is 0.0703 e. The summed E-state index contributed by atoms with van der Waals surface area (Å²) in [4.78, 5) is 0. The molecule has 2 nitrogen and oxygen atoms in total. The van der Waals surface area contributed by atoms with Crippen molar-refractivity contribution in [3.8, 4) is 0 Å². The van der Waals surface area contributed by atoms with Gasteiger partial charge in [0.15, 0.2) is 0 Å². The second-order valence-corrected chi connectivity index (χ2v) is 5.78. The molecule has 0 amide bonds. The van der Waals surface area contributed by atoms with Gasteiger partial charge in [0, 0.05) is 12.5 Å². The summed E-state index contributed by atoms with van der Waals surface area (Å²) >= 11 is 0. The predicted octanol–water partition coefficient (Wildman–Crippen LogP) is 2.40. The minimum Gasteiger partial charge on any atom is -0.389 e. The topological polar surface area (TPSA) is 46.2 Å². The van der Waals surface area contributed by atoms with Crippen molar-refractivity contribution in [2.45, 2.75) is 58.1 Å². The average molecular weight is 233 g/mol. The molecule has 1 aliphatic carbocycles. The standard InChI is InChI=1S/C15H23NO/c1-10-6-11(2)14(12(3)7-10)9-15(17)5-4-13(16)8-15/h6-7,13,17H,4-5,8-9,16H2,1-3H3. The van der Waals surface area contributed by atoms with E-state index in [1.54, 1.807) is 0 Å². The van der Waals surface area contributed by atoms with E-state index in [2.05, 4.69) is 32.9 Å². The zero-order chi connectivity index (χ0) is 12.6. The molecule has 2 unspecified atom stereocenters. The van der Waals surface area contributed by atoms with E-state index < -0.39 is 5.60 Å². The highest BCUT2D eigenvalue weighted by atomic mass is 16.3. The van der Waals surface area contributed by atoms with Crippen LogP contribution in [0.3, 0.4) is 0 Å². The fourth-order valence-electron chi connectivity index (χ4n) is 3.12. The molecular formula is C15H23NO. The largest absolute Gasteiger partial charge is 0.389 e. The SMILES string of the molecule is Cc1cc(C)c(CC2(O)CCC(N)C2)c(C)c1. The van der Waals surface area contributed by atoms with E-state index in [9.17, 15) is 5.11 Å². The van der Waals surface area contributed by atoms with E-state index >= 15 is 0 Å². The minimum absolute atomic E-state index is 0.172. The molecule has 0 radical (unpaired) electrons. The van der Waals surface area contributed by atoms with Gasteiger partial charge in [-0.05, 0) is 56.7 Å². The summed E-state index contributed by atoms with van der Waals surface area (Å²) in [5.41, 5.74) is 10.5. The summed E-state index contributed by atoms with van der Waals surface area (Å²) in [5.74, 6) is 0. The van der Waals surface area contributed by atoms with Gasteiger partial charge < -0.3 is 10.8 Å². The van der Waals surface area contributed by atoms with E-state index in [1.165, 1.54) is 22.3 Å². The van der Waals surface area contributed by atoms with Crippen LogP contribution in [0.25, 0.3) is 0 Å². The molecule has 0 saturated heterocycles. The Morgan fingerprint density at radius 3 is 2.35 bits per heavy atom. The van der Waals surface area contributed by atoms with Gasteiger partial charge in [-0.3, -0.25) is 0 Å². The van der Waals surface area contributed by atoms with Crippen LogP contribution in [0.1, 0.15) is 41.5 Å². The lowest BCUT2D eigenvalue weighted by molar-refractivity contribution is 0.0465. The van der Waals surface area contributed by atoms with Crippen molar-refractivity contribution < 1.29 is 5.11 Å². The highest BCUT2D eigenvalue weighted by Gasteiger charge is 2.36. The van der Waals surface area contributed by atoms with Crippen LogP contribution in [0, 0.1) is 20.8 Å². The smallest absolute Gasteiger partial charge is 0.0703 e. The molecule has 0 aromatic heterocycles. The van der Waals surface area contributed by atoms with Crippen molar-refractivity contribution in [1.82, 2.24) is 0 Å². The van der Waals surface area contributed by atoms with Crippen molar-refractivity contribution >= 4 is 0 Å². The fraction of sp³-hybridized carbons (Fsp3) is 0.600. The van der Waals surface area contributed by atoms with E-state index in [-0.39, 0.29) is 6.04 Å².